The zero-order chi connectivity index (χ0) is 16.5. The van der Waals surface area contributed by atoms with E-state index in [1.165, 1.54) is 22.7 Å². The van der Waals surface area contributed by atoms with Crippen LogP contribution in [0.1, 0.15) is 22.7 Å². The van der Waals surface area contributed by atoms with Crippen molar-refractivity contribution in [2.75, 3.05) is 20.6 Å². The molecule has 9 heteroatoms. The van der Waals surface area contributed by atoms with Gasteiger partial charge in [-0.05, 0) is 13.8 Å². The van der Waals surface area contributed by atoms with Crippen LogP contribution in [0.3, 0.4) is 0 Å². The van der Waals surface area contributed by atoms with Crippen molar-refractivity contribution in [1.29, 1.82) is 5.26 Å². The lowest BCUT2D eigenvalue weighted by Gasteiger charge is -2.23. The Hall–Kier alpha value is -1.47. The van der Waals surface area contributed by atoms with E-state index in [1.807, 2.05) is 30.5 Å². The predicted molar refractivity (Wildman–Crippen MR) is 85.8 cm³/mol. The van der Waals surface area contributed by atoms with Crippen LogP contribution < -0.4 is 0 Å². The van der Waals surface area contributed by atoms with Crippen molar-refractivity contribution in [3.05, 3.63) is 22.5 Å². The maximum absolute atomic E-state index is 12.4. The average Bonchev–Trinajstić information content (AvgIpc) is 2.93. The number of imidazole rings is 1. The molecule has 0 unspecified atom stereocenters. The Morgan fingerprint density at radius 2 is 2.05 bits per heavy atom. The molecule has 22 heavy (non-hydrogen) atoms. The minimum absolute atomic E-state index is 0.170. The van der Waals surface area contributed by atoms with Crippen molar-refractivity contribution in [3.8, 4) is 6.07 Å². The summed E-state index contributed by atoms with van der Waals surface area (Å²) in [7, 11) is -0.567. The molecule has 7 nitrogen and oxygen atoms in total. The van der Waals surface area contributed by atoms with Gasteiger partial charge in [-0.3, -0.25) is 4.40 Å². The van der Waals surface area contributed by atoms with Gasteiger partial charge in [0.2, 0.25) is 0 Å². The van der Waals surface area contributed by atoms with E-state index in [1.54, 1.807) is 11.3 Å². The first kappa shape index (κ1) is 16.9. The molecule has 120 valence electrons. The quantitative estimate of drug-likeness (QED) is 0.798. The lowest BCUT2D eigenvalue weighted by atomic mass is 10.3. The fourth-order valence-electron chi connectivity index (χ4n) is 2.15. The van der Waals surface area contributed by atoms with Gasteiger partial charge in [0.1, 0.15) is 0 Å². The van der Waals surface area contributed by atoms with Crippen LogP contribution in [0.15, 0.2) is 6.20 Å². The largest absolute Gasteiger partial charge is 0.293 e. The van der Waals surface area contributed by atoms with E-state index in [4.69, 9.17) is 5.26 Å². The molecule has 0 amide bonds. The Morgan fingerprint density at radius 3 is 2.68 bits per heavy atom. The van der Waals surface area contributed by atoms with Crippen LogP contribution >= 0.6 is 11.3 Å². The van der Waals surface area contributed by atoms with Crippen LogP contribution in [-0.4, -0.2) is 47.1 Å². The van der Waals surface area contributed by atoms with Crippen molar-refractivity contribution in [2.45, 2.75) is 26.8 Å². The lowest BCUT2D eigenvalue weighted by molar-refractivity contribution is 0.389. The Labute approximate surface area is 134 Å². The van der Waals surface area contributed by atoms with E-state index < -0.39 is 10.2 Å². The molecule has 0 aliphatic heterocycles. The Kier molecular flexibility index (Phi) is 4.87. The summed E-state index contributed by atoms with van der Waals surface area (Å²) in [4.78, 5) is 6.46. The van der Waals surface area contributed by atoms with Gasteiger partial charge >= 0.3 is 0 Å². The number of hydrogen-bond donors (Lipinski definition) is 0. The van der Waals surface area contributed by atoms with Crippen LogP contribution in [-0.2, 0) is 16.8 Å². The molecule has 0 radical (unpaired) electrons. The van der Waals surface area contributed by atoms with E-state index >= 15 is 0 Å². The van der Waals surface area contributed by atoms with E-state index in [0.29, 0.717) is 0 Å². The molecule has 0 aromatic carbocycles. The van der Waals surface area contributed by atoms with Crippen LogP contribution in [0.2, 0.25) is 0 Å². The second-order valence-corrected chi connectivity index (χ2v) is 8.49. The zero-order valence-corrected chi connectivity index (χ0v) is 14.7. The number of aromatic nitrogens is 2. The van der Waals surface area contributed by atoms with Crippen LogP contribution in [0.5, 0.6) is 0 Å². The fourth-order valence-corrected chi connectivity index (χ4v) is 4.13. The van der Waals surface area contributed by atoms with Gasteiger partial charge in [-0.25, -0.2) is 4.98 Å². The minimum Gasteiger partial charge on any atom is -0.293 e. The van der Waals surface area contributed by atoms with Gasteiger partial charge in [-0.2, -0.15) is 22.3 Å². The maximum Gasteiger partial charge on any atom is 0.281 e. The highest BCUT2D eigenvalue weighted by Gasteiger charge is 2.25. The highest BCUT2D eigenvalue weighted by atomic mass is 32.2. The molecule has 0 aliphatic rings. The first-order valence-corrected chi connectivity index (χ1v) is 8.97. The number of rotatable bonds is 6. The van der Waals surface area contributed by atoms with Crippen molar-refractivity contribution < 1.29 is 8.42 Å². The number of aryl methyl sites for hydroxylation is 2. The van der Waals surface area contributed by atoms with Crippen molar-refractivity contribution >= 4 is 26.5 Å². The summed E-state index contributed by atoms with van der Waals surface area (Å²) in [6.45, 7) is 4.29. The normalized spacial score (nSPS) is 12.4. The third-order valence-corrected chi connectivity index (χ3v) is 6.22. The fraction of sp³-hybridized carbons (Fsp3) is 0.538. The summed E-state index contributed by atoms with van der Waals surface area (Å²) in [5.41, 5.74) is 1.69. The van der Waals surface area contributed by atoms with Gasteiger partial charge in [-0.15, -0.1) is 11.3 Å². The average molecular weight is 341 g/mol. The molecular weight excluding hydrogens is 322 g/mol. The Bertz CT molecular complexity index is 815. The van der Waals surface area contributed by atoms with Crippen LogP contribution in [0, 0.1) is 25.2 Å². The van der Waals surface area contributed by atoms with Gasteiger partial charge in [0.15, 0.2) is 4.96 Å². The summed E-state index contributed by atoms with van der Waals surface area (Å²) in [6.07, 6.45) is 2.14. The molecule has 0 atom stereocenters. The van der Waals surface area contributed by atoms with Crippen LogP contribution in [0.4, 0.5) is 0 Å². The Balaban J connectivity index is 2.25. The molecule has 2 aromatic rings. The molecule has 0 fully saturated rings. The minimum atomic E-state index is -3.59. The summed E-state index contributed by atoms with van der Waals surface area (Å²) in [6, 6.07) is 1.95. The highest BCUT2D eigenvalue weighted by Crippen LogP contribution is 2.22. The van der Waals surface area contributed by atoms with E-state index in [2.05, 4.69) is 4.98 Å². The second-order valence-electron chi connectivity index (χ2n) is 5.13. The number of nitrogens with zero attached hydrogens (tertiary/aromatic N) is 5. The molecule has 0 spiro atoms. The number of fused-ring (bicyclic) bond motifs is 1. The molecule has 0 saturated heterocycles. The number of hydrogen-bond acceptors (Lipinski definition) is 5. The van der Waals surface area contributed by atoms with Crippen LogP contribution in [0.25, 0.3) is 4.96 Å². The smallest absolute Gasteiger partial charge is 0.281 e. The first-order chi connectivity index (χ1) is 10.3. The second kappa shape index (κ2) is 6.34. The summed E-state index contributed by atoms with van der Waals surface area (Å²) >= 11 is 1.58. The van der Waals surface area contributed by atoms with Gasteiger partial charge < -0.3 is 0 Å². The number of nitriles is 1. The van der Waals surface area contributed by atoms with Crippen molar-refractivity contribution in [3.63, 3.8) is 0 Å². The SMILES string of the molecule is Cc1cn2c(CN(C)S(=O)(=O)N(C)CCC#N)c(C)nc2s1. The van der Waals surface area contributed by atoms with E-state index in [9.17, 15) is 8.42 Å². The summed E-state index contributed by atoms with van der Waals surface area (Å²) in [5.74, 6) is 0. The van der Waals surface area contributed by atoms with Gasteiger partial charge in [0.25, 0.3) is 10.2 Å². The van der Waals surface area contributed by atoms with Gasteiger partial charge in [-0.1, -0.05) is 0 Å². The lowest BCUT2D eigenvalue weighted by Crippen LogP contribution is -2.39. The third-order valence-electron chi connectivity index (χ3n) is 3.44. The summed E-state index contributed by atoms with van der Waals surface area (Å²) in [5, 5.41) is 8.59. The monoisotopic (exact) mass is 341 g/mol. The zero-order valence-electron chi connectivity index (χ0n) is 13.1. The topological polar surface area (TPSA) is 81.7 Å². The standard InChI is InChI=1S/C13H19N5O2S2/c1-10-8-18-12(11(2)15-13(18)21-10)9-17(4)22(19,20)16(3)7-5-6-14/h8H,5,7,9H2,1-4H3. The van der Waals surface area contributed by atoms with Crippen molar-refractivity contribution in [1.82, 2.24) is 18.0 Å². The van der Waals surface area contributed by atoms with Gasteiger partial charge in [0.05, 0.1) is 24.0 Å². The molecule has 0 saturated carbocycles. The van der Waals surface area contributed by atoms with Gasteiger partial charge in [0, 0.05) is 38.1 Å². The molecule has 2 heterocycles. The molecule has 2 aromatic heterocycles. The molecule has 0 N–H and O–H groups in total. The van der Waals surface area contributed by atoms with E-state index in [0.717, 1.165) is 21.2 Å². The highest BCUT2D eigenvalue weighted by molar-refractivity contribution is 7.86. The third kappa shape index (κ3) is 3.15. The maximum atomic E-state index is 12.4. The van der Waals surface area contributed by atoms with E-state index in [-0.39, 0.29) is 19.5 Å². The molecular formula is C13H19N5O2S2. The predicted octanol–water partition coefficient (Wildman–Crippen LogP) is 1.53. The molecule has 0 aliphatic carbocycles. The molecule has 0 bridgehead atoms. The first-order valence-electron chi connectivity index (χ1n) is 6.76. The number of thiazole rings is 1. The Morgan fingerprint density at radius 1 is 1.36 bits per heavy atom. The molecule has 2 rings (SSSR count). The summed E-state index contributed by atoms with van der Waals surface area (Å²) < 4.78 is 29.3. The van der Waals surface area contributed by atoms with Crippen molar-refractivity contribution in [2.24, 2.45) is 0 Å².